The Hall–Kier alpha value is -5.88. The highest BCUT2D eigenvalue weighted by molar-refractivity contribution is 5.97. The SMILES string of the molecule is CC(C)CC(NC(=O)C(C)NC(=O)C1CCCN1C(=O)C(CCCCN)NC(=O)CN)C(=O)NC(Cc1ccccc1)C(=O)NC(Cc1ccccc1)C(=O)NC(C)C(=O)O. The van der Waals surface area contributed by atoms with Gasteiger partial charge in [-0.3, -0.25) is 38.4 Å². The molecule has 1 aliphatic rings. The van der Waals surface area contributed by atoms with Gasteiger partial charge in [0.1, 0.15) is 42.3 Å². The Bertz CT molecular complexity index is 1800. The Labute approximate surface area is 357 Å². The van der Waals surface area contributed by atoms with Crippen molar-refractivity contribution < 1.29 is 43.5 Å². The third kappa shape index (κ3) is 16.2. The summed E-state index contributed by atoms with van der Waals surface area (Å²) in [4.78, 5) is 107. The van der Waals surface area contributed by atoms with Gasteiger partial charge in [0.2, 0.25) is 41.4 Å². The van der Waals surface area contributed by atoms with Crippen LogP contribution in [0.3, 0.4) is 0 Å². The van der Waals surface area contributed by atoms with Gasteiger partial charge in [-0.1, -0.05) is 74.5 Å². The molecule has 1 heterocycles. The molecule has 0 aromatic heterocycles. The van der Waals surface area contributed by atoms with E-state index in [1.54, 1.807) is 60.7 Å². The Kier molecular flexibility index (Phi) is 20.3. The maximum Gasteiger partial charge on any atom is 0.325 e. The van der Waals surface area contributed by atoms with Crippen molar-refractivity contribution in [1.29, 1.82) is 0 Å². The molecule has 11 N–H and O–H groups in total. The maximum atomic E-state index is 14.1. The van der Waals surface area contributed by atoms with E-state index in [0.29, 0.717) is 49.8 Å². The van der Waals surface area contributed by atoms with E-state index in [2.05, 4.69) is 31.9 Å². The van der Waals surface area contributed by atoms with Crippen LogP contribution in [0.1, 0.15) is 77.3 Å². The molecule has 18 heteroatoms. The van der Waals surface area contributed by atoms with E-state index in [4.69, 9.17) is 11.5 Å². The van der Waals surface area contributed by atoms with Crippen LogP contribution >= 0.6 is 0 Å². The van der Waals surface area contributed by atoms with E-state index in [1.807, 2.05) is 13.8 Å². The third-order valence-corrected chi connectivity index (χ3v) is 10.3. The van der Waals surface area contributed by atoms with Crippen LogP contribution in [0.2, 0.25) is 0 Å². The first-order valence-electron chi connectivity index (χ1n) is 20.9. The summed E-state index contributed by atoms with van der Waals surface area (Å²) in [6, 6.07) is 9.93. The molecular formula is C43H63N9O9. The van der Waals surface area contributed by atoms with Crippen LogP contribution in [-0.4, -0.2) is 119 Å². The second kappa shape index (κ2) is 25.0. The quantitative estimate of drug-likeness (QED) is 0.0615. The topological polar surface area (TPSA) is 284 Å². The predicted octanol–water partition coefficient (Wildman–Crippen LogP) is -0.370. The molecule has 3 rings (SSSR count). The molecule has 0 spiro atoms. The van der Waals surface area contributed by atoms with Gasteiger partial charge in [0, 0.05) is 19.4 Å². The number of benzene rings is 2. The molecule has 7 atom stereocenters. The summed E-state index contributed by atoms with van der Waals surface area (Å²) in [5.74, 6) is -5.70. The molecule has 0 radical (unpaired) electrons. The summed E-state index contributed by atoms with van der Waals surface area (Å²) in [5.41, 5.74) is 12.5. The van der Waals surface area contributed by atoms with Crippen LogP contribution < -0.4 is 43.4 Å². The lowest BCUT2D eigenvalue weighted by Crippen LogP contribution is -2.60. The number of carbonyl (C=O) groups is 8. The van der Waals surface area contributed by atoms with E-state index < -0.39 is 89.6 Å². The number of carbonyl (C=O) groups excluding carboxylic acids is 7. The molecule has 2 aromatic carbocycles. The van der Waals surface area contributed by atoms with Gasteiger partial charge in [0.05, 0.1) is 6.54 Å². The second-order valence-corrected chi connectivity index (χ2v) is 15.8. The Morgan fingerprint density at radius 2 is 1.18 bits per heavy atom. The lowest BCUT2D eigenvalue weighted by molar-refractivity contribution is -0.142. The molecule has 2 aromatic rings. The van der Waals surface area contributed by atoms with Gasteiger partial charge in [0.25, 0.3) is 0 Å². The maximum absolute atomic E-state index is 14.1. The van der Waals surface area contributed by atoms with Crippen molar-refractivity contribution >= 4 is 47.3 Å². The van der Waals surface area contributed by atoms with Crippen LogP contribution in [0.4, 0.5) is 0 Å². The molecule has 334 valence electrons. The van der Waals surface area contributed by atoms with Crippen molar-refractivity contribution in [2.24, 2.45) is 17.4 Å². The fourth-order valence-electron chi connectivity index (χ4n) is 6.92. The number of nitrogens with zero attached hydrogens (tertiary/aromatic N) is 1. The fraction of sp³-hybridized carbons (Fsp3) is 0.535. The van der Waals surface area contributed by atoms with Crippen molar-refractivity contribution in [3.63, 3.8) is 0 Å². The van der Waals surface area contributed by atoms with Gasteiger partial charge in [-0.05, 0) is 76.0 Å². The number of carboxylic acids is 1. The lowest BCUT2D eigenvalue weighted by Gasteiger charge is -2.30. The van der Waals surface area contributed by atoms with Gasteiger partial charge < -0.3 is 53.4 Å². The summed E-state index contributed by atoms with van der Waals surface area (Å²) in [6.45, 7) is 6.83. The Morgan fingerprint density at radius 3 is 1.69 bits per heavy atom. The number of amides is 7. The number of hydrogen-bond acceptors (Lipinski definition) is 10. The molecule has 0 saturated carbocycles. The molecule has 1 aliphatic heterocycles. The summed E-state index contributed by atoms with van der Waals surface area (Å²) in [7, 11) is 0. The molecule has 0 aliphatic carbocycles. The van der Waals surface area contributed by atoms with Gasteiger partial charge >= 0.3 is 5.97 Å². The number of rotatable bonds is 24. The first-order valence-corrected chi connectivity index (χ1v) is 20.9. The van der Waals surface area contributed by atoms with Crippen LogP contribution in [0, 0.1) is 5.92 Å². The zero-order valence-corrected chi connectivity index (χ0v) is 35.5. The van der Waals surface area contributed by atoms with E-state index in [-0.39, 0.29) is 38.3 Å². The van der Waals surface area contributed by atoms with Gasteiger partial charge in [-0.2, -0.15) is 0 Å². The van der Waals surface area contributed by atoms with E-state index in [0.717, 1.165) is 0 Å². The lowest BCUT2D eigenvalue weighted by atomic mass is 10.00. The minimum Gasteiger partial charge on any atom is -0.480 e. The third-order valence-electron chi connectivity index (χ3n) is 10.3. The monoisotopic (exact) mass is 849 g/mol. The highest BCUT2D eigenvalue weighted by Gasteiger charge is 2.39. The summed E-state index contributed by atoms with van der Waals surface area (Å²) >= 11 is 0. The molecule has 1 saturated heterocycles. The first kappa shape index (κ1) is 49.5. The van der Waals surface area contributed by atoms with Crippen LogP contribution in [0.15, 0.2) is 60.7 Å². The molecule has 18 nitrogen and oxygen atoms in total. The molecule has 7 unspecified atom stereocenters. The van der Waals surface area contributed by atoms with Gasteiger partial charge in [-0.15, -0.1) is 0 Å². The van der Waals surface area contributed by atoms with Gasteiger partial charge in [-0.25, -0.2) is 0 Å². The zero-order valence-electron chi connectivity index (χ0n) is 35.5. The van der Waals surface area contributed by atoms with Crippen molar-refractivity contribution in [3.8, 4) is 0 Å². The van der Waals surface area contributed by atoms with Crippen molar-refractivity contribution in [2.45, 2.75) is 121 Å². The smallest absolute Gasteiger partial charge is 0.325 e. The average Bonchev–Trinajstić information content (AvgIpc) is 3.73. The second-order valence-electron chi connectivity index (χ2n) is 15.8. The normalized spacial score (nSPS) is 16.5. The van der Waals surface area contributed by atoms with Crippen molar-refractivity contribution in [1.82, 2.24) is 36.8 Å². The van der Waals surface area contributed by atoms with E-state index in [1.165, 1.54) is 18.7 Å². The summed E-state index contributed by atoms with van der Waals surface area (Å²) in [6.07, 6.45) is 2.59. The minimum absolute atomic E-state index is 0.0127. The number of nitrogens with two attached hydrogens (primary N) is 2. The minimum atomic E-state index is -1.26. The highest BCUT2D eigenvalue weighted by atomic mass is 16.4. The number of hydrogen-bond donors (Lipinski definition) is 9. The molecule has 1 fully saturated rings. The highest BCUT2D eigenvalue weighted by Crippen LogP contribution is 2.20. The predicted molar refractivity (Wildman–Crippen MR) is 227 cm³/mol. The van der Waals surface area contributed by atoms with Crippen molar-refractivity contribution in [3.05, 3.63) is 71.8 Å². The van der Waals surface area contributed by atoms with Crippen LogP contribution in [0.25, 0.3) is 0 Å². The standard InChI is InChI=1S/C43H63N9O9/c1-26(2)22-32(49-37(54)27(3)46-41(58)35-19-13-21-52(35)42(59)31(18-11-12-20-44)48-36(53)25-45)39(56)51-34(24-30-16-9-6-10-17-30)40(57)50-33(23-29-14-7-5-8-15-29)38(55)47-28(4)43(60)61/h5-10,14-17,26-28,31-35H,11-13,18-25,44-45H2,1-4H3,(H,46,58)(H,47,55)(H,48,53)(H,49,54)(H,50,57)(H,51,56)(H,60,61). The number of carboxylic acid groups (broad SMARTS) is 1. The molecular weight excluding hydrogens is 787 g/mol. The Morgan fingerprint density at radius 1 is 0.656 bits per heavy atom. The zero-order chi connectivity index (χ0) is 45.1. The summed E-state index contributed by atoms with van der Waals surface area (Å²) in [5, 5.41) is 25.3. The van der Waals surface area contributed by atoms with Gasteiger partial charge in [0.15, 0.2) is 0 Å². The largest absolute Gasteiger partial charge is 0.480 e. The fourth-order valence-corrected chi connectivity index (χ4v) is 6.92. The van der Waals surface area contributed by atoms with Crippen LogP contribution in [-0.2, 0) is 51.2 Å². The number of aliphatic carboxylic acids is 1. The summed E-state index contributed by atoms with van der Waals surface area (Å²) < 4.78 is 0. The number of likely N-dealkylation sites (tertiary alicyclic amines) is 1. The average molecular weight is 850 g/mol. The number of unbranched alkanes of at least 4 members (excludes halogenated alkanes) is 1. The van der Waals surface area contributed by atoms with Crippen molar-refractivity contribution in [2.75, 3.05) is 19.6 Å². The van der Waals surface area contributed by atoms with E-state index in [9.17, 15) is 43.5 Å². The first-order chi connectivity index (χ1) is 29.0. The van der Waals surface area contributed by atoms with E-state index >= 15 is 0 Å². The molecule has 0 bridgehead atoms. The Balaban J connectivity index is 1.78. The number of nitrogens with one attached hydrogen (secondary N) is 6. The molecule has 61 heavy (non-hydrogen) atoms. The van der Waals surface area contributed by atoms with Crippen LogP contribution in [0.5, 0.6) is 0 Å². The molecule has 7 amide bonds.